The van der Waals surface area contributed by atoms with Crippen molar-refractivity contribution < 1.29 is 17.9 Å². The molecule has 0 amide bonds. The summed E-state index contributed by atoms with van der Waals surface area (Å²) in [4.78, 5) is 0. The maximum Gasteiger partial charge on any atom is 0.399 e. The van der Waals surface area contributed by atoms with Gasteiger partial charge in [-0.3, -0.25) is 0 Å². The van der Waals surface area contributed by atoms with Crippen LogP contribution in [-0.2, 0) is 24.2 Å². The lowest BCUT2D eigenvalue weighted by atomic mass is 9.85. The van der Waals surface area contributed by atoms with E-state index in [4.69, 9.17) is 9.47 Å². The predicted molar refractivity (Wildman–Crippen MR) is 80.0 cm³/mol. The molecule has 1 atom stereocenters. The first-order chi connectivity index (χ1) is 9.14. The molecule has 1 heterocycles. The number of hydrogen-bond acceptors (Lipinski definition) is 4. The molecule has 1 aromatic carbocycles. The van der Waals surface area contributed by atoms with Crippen LogP contribution >= 0.6 is 15.9 Å². The van der Waals surface area contributed by atoms with Crippen molar-refractivity contribution in [1.29, 1.82) is 0 Å². The van der Waals surface area contributed by atoms with Gasteiger partial charge in [0, 0.05) is 4.47 Å². The SMILES string of the molecule is COC1=NS(=O)(=O)C(C)(c2cccc(Br)c2)C(C)(C)O1. The lowest BCUT2D eigenvalue weighted by Crippen LogP contribution is -2.56. The van der Waals surface area contributed by atoms with E-state index in [2.05, 4.69) is 20.3 Å². The molecule has 1 aliphatic rings. The van der Waals surface area contributed by atoms with E-state index in [1.165, 1.54) is 7.11 Å². The summed E-state index contributed by atoms with van der Waals surface area (Å²) in [5.74, 6) is 0. The first-order valence-corrected chi connectivity index (χ1v) is 8.21. The minimum atomic E-state index is -3.84. The Morgan fingerprint density at radius 3 is 2.45 bits per heavy atom. The van der Waals surface area contributed by atoms with Gasteiger partial charge < -0.3 is 9.47 Å². The molecule has 20 heavy (non-hydrogen) atoms. The minimum Gasteiger partial charge on any atom is -0.453 e. The molecule has 0 bridgehead atoms. The van der Waals surface area contributed by atoms with Crippen molar-refractivity contribution in [2.45, 2.75) is 31.1 Å². The summed E-state index contributed by atoms with van der Waals surface area (Å²) in [5, 5.41) is 0. The van der Waals surface area contributed by atoms with Crippen molar-refractivity contribution in [3.05, 3.63) is 34.3 Å². The molecule has 0 aliphatic carbocycles. The van der Waals surface area contributed by atoms with E-state index in [1.807, 2.05) is 6.07 Å². The molecule has 0 fully saturated rings. The monoisotopic (exact) mass is 361 g/mol. The molecular formula is C13H16BrNO4S. The van der Waals surface area contributed by atoms with Crippen LogP contribution in [-0.4, -0.2) is 27.2 Å². The number of benzene rings is 1. The Kier molecular flexibility index (Phi) is 3.62. The normalized spacial score (nSPS) is 27.4. The summed E-state index contributed by atoms with van der Waals surface area (Å²) in [6.07, 6.45) is -0.234. The van der Waals surface area contributed by atoms with Gasteiger partial charge in [-0.15, -0.1) is 0 Å². The summed E-state index contributed by atoms with van der Waals surface area (Å²) in [7, 11) is -2.52. The van der Waals surface area contributed by atoms with Crippen molar-refractivity contribution in [2.75, 3.05) is 7.11 Å². The third-order valence-electron chi connectivity index (χ3n) is 3.75. The zero-order valence-corrected chi connectivity index (χ0v) is 14.1. The van der Waals surface area contributed by atoms with Crippen molar-refractivity contribution in [3.63, 3.8) is 0 Å². The number of methoxy groups -OCH3 is 1. The highest BCUT2D eigenvalue weighted by molar-refractivity contribution is 9.10. The highest BCUT2D eigenvalue weighted by Gasteiger charge is 2.58. The van der Waals surface area contributed by atoms with Crippen LogP contribution in [0.4, 0.5) is 0 Å². The summed E-state index contributed by atoms with van der Waals surface area (Å²) < 4.78 is 38.8. The van der Waals surface area contributed by atoms with Gasteiger partial charge in [0.15, 0.2) is 4.75 Å². The van der Waals surface area contributed by atoms with Crippen LogP contribution in [0.5, 0.6) is 0 Å². The summed E-state index contributed by atoms with van der Waals surface area (Å²) in [6.45, 7) is 5.03. The lowest BCUT2D eigenvalue weighted by molar-refractivity contribution is 0.0134. The van der Waals surface area contributed by atoms with Crippen molar-refractivity contribution >= 4 is 32.0 Å². The second kappa shape index (κ2) is 4.73. The third-order valence-corrected chi connectivity index (χ3v) is 6.39. The third kappa shape index (κ3) is 2.13. The van der Waals surface area contributed by atoms with Crippen LogP contribution in [0.1, 0.15) is 26.3 Å². The number of hydrogen-bond donors (Lipinski definition) is 0. The van der Waals surface area contributed by atoms with Gasteiger partial charge >= 0.3 is 6.08 Å². The maximum absolute atomic E-state index is 12.6. The second-order valence-electron chi connectivity index (χ2n) is 5.19. The van der Waals surface area contributed by atoms with Gasteiger partial charge in [-0.2, -0.15) is 0 Å². The molecule has 7 heteroatoms. The fraction of sp³-hybridized carbons (Fsp3) is 0.462. The van der Waals surface area contributed by atoms with Crippen LogP contribution in [0.2, 0.25) is 0 Å². The average molecular weight is 362 g/mol. The lowest BCUT2D eigenvalue weighted by Gasteiger charge is -2.44. The Bertz CT molecular complexity index is 669. The van der Waals surface area contributed by atoms with Crippen LogP contribution < -0.4 is 0 Å². The molecule has 1 aromatic rings. The van der Waals surface area contributed by atoms with Gasteiger partial charge in [0.25, 0.3) is 10.0 Å². The topological polar surface area (TPSA) is 65.0 Å². The molecule has 0 aromatic heterocycles. The van der Waals surface area contributed by atoms with E-state index in [0.717, 1.165) is 4.47 Å². The molecular weight excluding hydrogens is 346 g/mol. The van der Waals surface area contributed by atoms with Gasteiger partial charge in [-0.05, 0) is 38.5 Å². The molecule has 0 radical (unpaired) electrons. The molecule has 1 unspecified atom stereocenters. The largest absolute Gasteiger partial charge is 0.453 e. The van der Waals surface area contributed by atoms with Gasteiger partial charge in [0.1, 0.15) is 5.60 Å². The average Bonchev–Trinajstić information content (AvgIpc) is 2.34. The number of nitrogens with zero attached hydrogens (tertiary/aromatic N) is 1. The predicted octanol–water partition coefficient (Wildman–Crippen LogP) is 2.81. The van der Waals surface area contributed by atoms with E-state index >= 15 is 0 Å². The standard InChI is InChI=1S/C13H16BrNO4S/c1-12(2)13(3,9-6-5-7-10(14)8-9)20(16,17)15-11(18-4)19-12/h5-8H,1-4H3. The fourth-order valence-electron chi connectivity index (χ4n) is 2.19. The minimum absolute atomic E-state index is 0.234. The van der Waals surface area contributed by atoms with Crippen molar-refractivity contribution in [2.24, 2.45) is 4.40 Å². The van der Waals surface area contributed by atoms with Crippen LogP contribution in [0.3, 0.4) is 0 Å². The first kappa shape index (κ1) is 15.3. The number of sulfonamides is 1. The summed E-state index contributed by atoms with van der Waals surface area (Å²) in [6, 6.07) is 7.13. The zero-order valence-electron chi connectivity index (χ0n) is 11.7. The summed E-state index contributed by atoms with van der Waals surface area (Å²) in [5.41, 5.74) is -0.421. The molecule has 0 spiro atoms. The molecule has 5 nitrogen and oxygen atoms in total. The van der Waals surface area contributed by atoms with E-state index in [-0.39, 0.29) is 6.08 Å². The number of ether oxygens (including phenoxy) is 2. The van der Waals surface area contributed by atoms with Gasteiger partial charge in [-0.1, -0.05) is 32.5 Å². The highest BCUT2D eigenvalue weighted by Crippen LogP contribution is 2.46. The van der Waals surface area contributed by atoms with Gasteiger partial charge in [0.2, 0.25) is 0 Å². The van der Waals surface area contributed by atoms with E-state index < -0.39 is 20.4 Å². The number of halogens is 1. The van der Waals surface area contributed by atoms with Crippen molar-refractivity contribution in [1.82, 2.24) is 0 Å². The molecule has 2 rings (SSSR count). The molecule has 1 aliphatic heterocycles. The molecule has 0 saturated heterocycles. The van der Waals surface area contributed by atoms with Gasteiger partial charge in [0.05, 0.1) is 7.11 Å². The first-order valence-electron chi connectivity index (χ1n) is 5.97. The Balaban J connectivity index is 2.73. The molecule has 0 saturated carbocycles. The smallest absolute Gasteiger partial charge is 0.399 e. The Labute approximate surface area is 127 Å². The Morgan fingerprint density at radius 2 is 1.95 bits per heavy atom. The summed E-state index contributed by atoms with van der Waals surface area (Å²) >= 11 is 3.36. The van der Waals surface area contributed by atoms with Crippen molar-refractivity contribution in [3.8, 4) is 0 Å². The van der Waals surface area contributed by atoms with Gasteiger partial charge in [-0.25, -0.2) is 8.42 Å². The maximum atomic E-state index is 12.6. The van der Waals surface area contributed by atoms with E-state index in [1.54, 1.807) is 39.0 Å². The quantitative estimate of drug-likeness (QED) is 0.771. The van der Waals surface area contributed by atoms with Crippen LogP contribution in [0.25, 0.3) is 0 Å². The Morgan fingerprint density at radius 1 is 1.30 bits per heavy atom. The highest BCUT2D eigenvalue weighted by atomic mass is 79.9. The fourth-order valence-corrected chi connectivity index (χ4v) is 4.17. The Hall–Kier alpha value is -1.08. The second-order valence-corrected chi connectivity index (χ2v) is 8.06. The number of rotatable bonds is 1. The van der Waals surface area contributed by atoms with E-state index in [0.29, 0.717) is 5.56 Å². The van der Waals surface area contributed by atoms with Crippen LogP contribution in [0, 0.1) is 0 Å². The van der Waals surface area contributed by atoms with Crippen LogP contribution in [0.15, 0.2) is 33.1 Å². The molecule has 110 valence electrons. The van der Waals surface area contributed by atoms with E-state index in [9.17, 15) is 8.42 Å². The molecule has 0 N–H and O–H groups in total. The zero-order chi connectivity index (χ0) is 15.2.